The van der Waals surface area contributed by atoms with Crippen LogP contribution in [-0.4, -0.2) is 30.1 Å². The quantitative estimate of drug-likeness (QED) is 0.890. The number of rotatable bonds is 2. The van der Waals surface area contributed by atoms with Crippen LogP contribution >= 0.6 is 0 Å². The highest BCUT2D eigenvalue weighted by molar-refractivity contribution is 5.24. The molecular formula is C14H19F3N2. The molecule has 0 aliphatic carbocycles. The van der Waals surface area contributed by atoms with Gasteiger partial charge in [0, 0.05) is 31.7 Å². The van der Waals surface area contributed by atoms with Gasteiger partial charge in [-0.25, -0.2) is 0 Å². The van der Waals surface area contributed by atoms with Crippen molar-refractivity contribution >= 4 is 0 Å². The minimum atomic E-state index is -4.26. The lowest BCUT2D eigenvalue weighted by Crippen LogP contribution is -2.54. The van der Waals surface area contributed by atoms with Crippen molar-refractivity contribution in [2.24, 2.45) is 0 Å². The molecule has 1 aliphatic rings. The van der Waals surface area contributed by atoms with E-state index in [1.807, 2.05) is 0 Å². The summed E-state index contributed by atoms with van der Waals surface area (Å²) >= 11 is 0. The molecule has 2 nitrogen and oxygen atoms in total. The number of nitrogens with zero attached hydrogens (tertiary/aromatic N) is 1. The minimum Gasteiger partial charge on any atom is -0.314 e. The van der Waals surface area contributed by atoms with Gasteiger partial charge in [0.05, 0.1) is 5.56 Å². The van der Waals surface area contributed by atoms with Crippen LogP contribution in [0.1, 0.15) is 25.0 Å². The number of hydrogen-bond donors (Lipinski definition) is 1. The lowest BCUT2D eigenvalue weighted by atomic mass is 10.1. The molecule has 1 N–H and O–H groups in total. The maximum atomic E-state index is 12.5. The number of halogens is 3. The van der Waals surface area contributed by atoms with Crippen LogP contribution in [0.4, 0.5) is 13.2 Å². The highest BCUT2D eigenvalue weighted by Crippen LogP contribution is 2.29. The molecule has 19 heavy (non-hydrogen) atoms. The van der Waals surface area contributed by atoms with E-state index in [0.717, 1.165) is 30.8 Å². The highest BCUT2D eigenvalue weighted by atomic mass is 19.4. The van der Waals surface area contributed by atoms with Gasteiger partial charge in [-0.3, -0.25) is 4.90 Å². The molecule has 106 valence electrons. The molecule has 2 rings (SSSR count). The lowest BCUT2D eigenvalue weighted by Gasteiger charge is -2.39. The Hall–Kier alpha value is -1.07. The third-order valence-electron chi connectivity index (χ3n) is 3.66. The van der Waals surface area contributed by atoms with E-state index in [9.17, 15) is 13.2 Å². The number of hydrogen-bond acceptors (Lipinski definition) is 2. The predicted octanol–water partition coefficient (Wildman–Crippen LogP) is 2.89. The molecule has 1 aliphatic heterocycles. The maximum absolute atomic E-state index is 12.5. The van der Waals surface area contributed by atoms with Gasteiger partial charge in [-0.15, -0.1) is 0 Å². The summed E-state index contributed by atoms with van der Waals surface area (Å²) in [5, 5.41) is 3.34. The van der Waals surface area contributed by atoms with Crippen molar-refractivity contribution < 1.29 is 13.2 Å². The lowest BCUT2D eigenvalue weighted by molar-refractivity contribution is -0.137. The molecule has 1 heterocycles. The number of alkyl halides is 3. The second-order valence-corrected chi connectivity index (χ2v) is 5.22. The fraction of sp³-hybridized carbons (Fsp3) is 0.571. The van der Waals surface area contributed by atoms with E-state index in [1.54, 1.807) is 12.1 Å². The third-order valence-corrected chi connectivity index (χ3v) is 3.66. The van der Waals surface area contributed by atoms with E-state index >= 15 is 0 Å². The van der Waals surface area contributed by atoms with Crippen molar-refractivity contribution in [3.8, 4) is 0 Å². The van der Waals surface area contributed by atoms with Crippen LogP contribution in [0, 0.1) is 0 Å². The molecule has 1 aromatic rings. The van der Waals surface area contributed by atoms with Gasteiger partial charge in [0.1, 0.15) is 0 Å². The second-order valence-electron chi connectivity index (χ2n) is 5.22. The molecule has 0 spiro atoms. The molecule has 0 saturated carbocycles. The largest absolute Gasteiger partial charge is 0.416 e. The number of benzene rings is 1. The molecule has 0 bridgehead atoms. The summed E-state index contributed by atoms with van der Waals surface area (Å²) in [4.78, 5) is 2.32. The maximum Gasteiger partial charge on any atom is 0.416 e. The molecule has 1 fully saturated rings. The zero-order valence-corrected chi connectivity index (χ0v) is 11.2. The summed E-state index contributed by atoms with van der Waals surface area (Å²) in [5.74, 6) is 0. The van der Waals surface area contributed by atoms with Crippen LogP contribution in [0.5, 0.6) is 0 Å². The normalized spacial score (nSPS) is 25.5. The van der Waals surface area contributed by atoms with E-state index < -0.39 is 11.7 Å². The van der Waals surface area contributed by atoms with Crippen molar-refractivity contribution in [1.29, 1.82) is 0 Å². The van der Waals surface area contributed by atoms with E-state index in [1.165, 1.54) is 0 Å². The van der Waals surface area contributed by atoms with Crippen LogP contribution in [0.3, 0.4) is 0 Å². The first-order chi connectivity index (χ1) is 8.88. The fourth-order valence-corrected chi connectivity index (χ4v) is 2.49. The van der Waals surface area contributed by atoms with Gasteiger partial charge in [0.15, 0.2) is 0 Å². The Morgan fingerprint density at radius 1 is 1.11 bits per heavy atom. The zero-order valence-electron chi connectivity index (χ0n) is 11.2. The van der Waals surface area contributed by atoms with Crippen LogP contribution < -0.4 is 5.32 Å². The van der Waals surface area contributed by atoms with Crippen molar-refractivity contribution in [3.05, 3.63) is 35.4 Å². The Balaban J connectivity index is 2.07. The van der Waals surface area contributed by atoms with Crippen molar-refractivity contribution in [1.82, 2.24) is 10.2 Å². The topological polar surface area (TPSA) is 15.3 Å². The first kappa shape index (κ1) is 14.3. The van der Waals surface area contributed by atoms with Crippen LogP contribution in [0.2, 0.25) is 0 Å². The Bertz CT molecular complexity index is 404. The SMILES string of the molecule is CC1CNCC(C)N1Cc1ccc(C(F)(F)F)cc1. The second kappa shape index (κ2) is 5.51. The molecule has 0 radical (unpaired) electrons. The Kier molecular flexibility index (Phi) is 4.16. The first-order valence-electron chi connectivity index (χ1n) is 6.50. The molecule has 5 heteroatoms. The number of nitrogens with one attached hydrogen (secondary N) is 1. The summed E-state index contributed by atoms with van der Waals surface area (Å²) < 4.78 is 37.5. The first-order valence-corrected chi connectivity index (χ1v) is 6.50. The van der Waals surface area contributed by atoms with Crippen LogP contribution in [0.25, 0.3) is 0 Å². The summed E-state index contributed by atoms with van der Waals surface area (Å²) in [5.41, 5.74) is 0.339. The molecule has 2 atom stereocenters. The van der Waals surface area contributed by atoms with Gasteiger partial charge in [0.2, 0.25) is 0 Å². The van der Waals surface area contributed by atoms with Gasteiger partial charge in [-0.05, 0) is 31.5 Å². The molecule has 0 amide bonds. The average Bonchev–Trinajstić information content (AvgIpc) is 2.33. The third kappa shape index (κ3) is 3.48. The van der Waals surface area contributed by atoms with Crippen molar-refractivity contribution in [2.75, 3.05) is 13.1 Å². The monoisotopic (exact) mass is 272 g/mol. The summed E-state index contributed by atoms with van der Waals surface area (Å²) in [6.45, 7) is 6.80. The van der Waals surface area contributed by atoms with Gasteiger partial charge < -0.3 is 5.32 Å². The fourth-order valence-electron chi connectivity index (χ4n) is 2.49. The van der Waals surface area contributed by atoms with Gasteiger partial charge in [-0.1, -0.05) is 12.1 Å². The standard InChI is InChI=1S/C14H19F3N2/c1-10-7-18-8-11(2)19(10)9-12-3-5-13(6-4-12)14(15,16)17/h3-6,10-11,18H,7-9H2,1-2H3. The molecule has 2 unspecified atom stereocenters. The van der Waals surface area contributed by atoms with Crippen LogP contribution in [0.15, 0.2) is 24.3 Å². The van der Waals surface area contributed by atoms with Crippen molar-refractivity contribution in [3.63, 3.8) is 0 Å². The smallest absolute Gasteiger partial charge is 0.314 e. The molecule has 0 aromatic heterocycles. The summed E-state index contributed by atoms with van der Waals surface area (Å²) in [6, 6.07) is 6.26. The highest BCUT2D eigenvalue weighted by Gasteiger charge is 2.30. The van der Waals surface area contributed by atoms with Gasteiger partial charge >= 0.3 is 6.18 Å². The van der Waals surface area contributed by atoms with E-state index in [-0.39, 0.29) is 0 Å². The van der Waals surface area contributed by atoms with Crippen LogP contribution in [-0.2, 0) is 12.7 Å². The van der Waals surface area contributed by atoms with Gasteiger partial charge in [-0.2, -0.15) is 13.2 Å². The van der Waals surface area contributed by atoms with E-state index in [0.29, 0.717) is 18.6 Å². The summed E-state index contributed by atoms with van der Waals surface area (Å²) in [7, 11) is 0. The Labute approximate surface area is 111 Å². The zero-order chi connectivity index (χ0) is 14.0. The Morgan fingerprint density at radius 3 is 2.11 bits per heavy atom. The van der Waals surface area contributed by atoms with E-state index in [4.69, 9.17) is 0 Å². The average molecular weight is 272 g/mol. The predicted molar refractivity (Wildman–Crippen MR) is 68.8 cm³/mol. The molecule has 1 aromatic carbocycles. The van der Waals surface area contributed by atoms with Gasteiger partial charge in [0.25, 0.3) is 0 Å². The summed E-state index contributed by atoms with van der Waals surface area (Å²) in [6.07, 6.45) is -4.26. The van der Waals surface area contributed by atoms with Crippen molar-refractivity contribution in [2.45, 2.75) is 38.7 Å². The van der Waals surface area contributed by atoms with E-state index in [2.05, 4.69) is 24.1 Å². The number of piperazine rings is 1. The molecular weight excluding hydrogens is 253 g/mol. The minimum absolute atomic E-state index is 0.394. The Morgan fingerprint density at radius 2 is 1.63 bits per heavy atom. The molecule has 1 saturated heterocycles.